The lowest BCUT2D eigenvalue weighted by Gasteiger charge is -2.10. The zero-order valence-electron chi connectivity index (χ0n) is 13.4. The van der Waals surface area contributed by atoms with Crippen molar-refractivity contribution in [2.24, 2.45) is 0 Å². The Balaban J connectivity index is 1.80. The number of tetrazole rings is 1. The number of aromatic nitrogens is 8. The Morgan fingerprint density at radius 3 is 2.88 bits per heavy atom. The Hall–Kier alpha value is -2.81. The Bertz CT molecular complexity index is 1040. The number of nitrogens with zero attached hydrogens (tertiary/aromatic N) is 8. The Labute approximate surface area is 141 Å². The van der Waals surface area contributed by atoms with Crippen LogP contribution in [0.4, 0.5) is 0 Å². The minimum Gasteiger partial charge on any atom is -0.216 e. The van der Waals surface area contributed by atoms with E-state index in [0.29, 0.717) is 10.9 Å². The molecule has 0 radical (unpaired) electrons. The van der Waals surface area contributed by atoms with Gasteiger partial charge in [-0.05, 0) is 66.2 Å². The van der Waals surface area contributed by atoms with Crippen LogP contribution in [-0.4, -0.2) is 39.8 Å². The molecule has 24 heavy (non-hydrogen) atoms. The van der Waals surface area contributed by atoms with Crippen molar-refractivity contribution in [3.8, 4) is 5.69 Å². The summed E-state index contributed by atoms with van der Waals surface area (Å²) in [4.78, 5) is 8.49. The molecule has 0 spiro atoms. The highest BCUT2D eigenvalue weighted by molar-refractivity contribution is 7.99. The summed E-state index contributed by atoms with van der Waals surface area (Å²) in [5.41, 5.74) is 4.16. The second kappa shape index (κ2) is 5.68. The van der Waals surface area contributed by atoms with E-state index >= 15 is 0 Å². The second-order valence-electron chi connectivity index (χ2n) is 5.40. The van der Waals surface area contributed by atoms with Crippen LogP contribution >= 0.6 is 11.8 Å². The monoisotopic (exact) mass is 338 g/mol. The first-order chi connectivity index (χ1) is 11.6. The molecule has 9 heteroatoms. The molecule has 120 valence electrons. The number of aryl methyl sites for hydroxylation is 2. The van der Waals surface area contributed by atoms with Gasteiger partial charge in [0.2, 0.25) is 5.16 Å². The van der Waals surface area contributed by atoms with Crippen LogP contribution in [0.2, 0.25) is 0 Å². The molecule has 0 aliphatic carbocycles. The van der Waals surface area contributed by atoms with E-state index in [2.05, 4.69) is 50.5 Å². The van der Waals surface area contributed by atoms with Crippen LogP contribution in [-0.2, 0) is 0 Å². The summed E-state index contributed by atoms with van der Waals surface area (Å²) in [5, 5.41) is 17.9. The summed E-state index contributed by atoms with van der Waals surface area (Å²) in [6.07, 6.45) is 1.49. The quantitative estimate of drug-likeness (QED) is 0.529. The summed E-state index contributed by atoms with van der Waals surface area (Å²) in [5.74, 6) is 0.559. The smallest absolute Gasteiger partial charge is 0.216 e. The van der Waals surface area contributed by atoms with Crippen molar-refractivity contribution in [3.63, 3.8) is 0 Å². The van der Waals surface area contributed by atoms with Crippen LogP contribution in [0.1, 0.15) is 16.8 Å². The van der Waals surface area contributed by atoms with Crippen molar-refractivity contribution >= 4 is 17.5 Å². The lowest BCUT2D eigenvalue weighted by atomic mass is 10.1. The molecule has 0 bridgehead atoms. The van der Waals surface area contributed by atoms with Crippen molar-refractivity contribution < 1.29 is 0 Å². The third kappa shape index (κ3) is 2.42. The standard InChI is InChI=1S/C15H14N8S/c1-9-5-4-6-12(11(9)3)22-15(19-20-21-22)24-13-7-10(2)18-14-16-8-17-23(13)14/h4-8H,1-3H3. The first-order valence-electron chi connectivity index (χ1n) is 7.33. The van der Waals surface area contributed by atoms with E-state index in [-0.39, 0.29) is 0 Å². The molecule has 0 saturated carbocycles. The zero-order chi connectivity index (χ0) is 16.7. The van der Waals surface area contributed by atoms with E-state index in [1.807, 2.05) is 25.1 Å². The summed E-state index contributed by atoms with van der Waals surface area (Å²) in [7, 11) is 0. The van der Waals surface area contributed by atoms with Crippen molar-refractivity contribution in [1.82, 2.24) is 39.8 Å². The number of rotatable bonds is 3. The SMILES string of the molecule is Cc1cc(Sc2nnnn2-c2cccc(C)c2C)n2ncnc2n1. The third-order valence-electron chi connectivity index (χ3n) is 3.79. The maximum Gasteiger partial charge on any atom is 0.253 e. The van der Waals surface area contributed by atoms with Crippen LogP contribution in [0.15, 0.2) is 40.8 Å². The van der Waals surface area contributed by atoms with E-state index in [0.717, 1.165) is 22.0 Å². The van der Waals surface area contributed by atoms with Gasteiger partial charge in [0.25, 0.3) is 5.78 Å². The van der Waals surface area contributed by atoms with Crippen LogP contribution in [0.5, 0.6) is 0 Å². The van der Waals surface area contributed by atoms with Gasteiger partial charge in [0.1, 0.15) is 11.4 Å². The lowest BCUT2D eigenvalue weighted by molar-refractivity contribution is 0.748. The Morgan fingerprint density at radius 2 is 2.00 bits per heavy atom. The van der Waals surface area contributed by atoms with E-state index < -0.39 is 0 Å². The van der Waals surface area contributed by atoms with Crippen molar-refractivity contribution in [1.29, 1.82) is 0 Å². The van der Waals surface area contributed by atoms with Gasteiger partial charge in [-0.15, -0.1) is 5.10 Å². The molecule has 0 N–H and O–H groups in total. The molecule has 4 rings (SSSR count). The van der Waals surface area contributed by atoms with E-state index in [1.165, 1.54) is 23.7 Å². The van der Waals surface area contributed by atoms with E-state index in [4.69, 9.17) is 0 Å². The van der Waals surface area contributed by atoms with Crippen molar-refractivity contribution in [3.05, 3.63) is 47.4 Å². The largest absolute Gasteiger partial charge is 0.253 e. The maximum absolute atomic E-state index is 4.35. The fourth-order valence-corrected chi connectivity index (χ4v) is 3.35. The van der Waals surface area contributed by atoms with Crippen LogP contribution in [0.25, 0.3) is 11.5 Å². The molecule has 3 heterocycles. The highest BCUT2D eigenvalue weighted by Gasteiger charge is 2.15. The van der Waals surface area contributed by atoms with Crippen molar-refractivity contribution in [2.75, 3.05) is 0 Å². The molecule has 0 amide bonds. The van der Waals surface area contributed by atoms with Gasteiger partial charge in [-0.25, -0.2) is 4.98 Å². The molecule has 0 atom stereocenters. The molecule has 0 unspecified atom stereocenters. The highest BCUT2D eigenvalue weighted by Crippen LogP contribution is 2.28. The Morgan fingerprint density at radius 1 is 1.12 bits per heavy atom. The summed E-state index contributed by atoms with van der Waals surface area (Å²) >= 11 is 1.43. The number of hydrogen-bond donors (Lipinski definition) is 0. The third-order valence-corrected chi connectivity index (χ3v) is 4.73. The van der Waals surface area contributed by atoms with Gasteiger partial charge in [0.05, 0.1) is 5.69 Å². The predicted molar refractivity (Wildman–Crippen MR) is 88.3 cm³/mol. The molecule has 1 aromatic carbocycles. The van der Waals surface area contributed by atoms with E-state index in [9.17, 15) is 0 Å². The fraction of sp³-hybridized carbons (Fsp3) is 0.200. The lowest BCUT2D eigenvalue weighted by Crippen LogP contribution is -2.04. The van der Waals surface area contributed by atoms with Crippen LogP contribution in [0.3, 0.4) is 0 Å². The van der Waals surface area contributed by atoms with Gasteiger partial charge in [-0.2, -0.15) is 19.3 Å². The topological polar surface area (TPSA) is 86.7 Å². The maximum atomic E-state index is 4.35. The van der Waals surface area contributed by atoms with Gasteiger partial charge >= 0.3 is 0 Å². The minimum absolute atomic E-state index is 0.559. The van der Waals surface area contributed by atoms with Gasteiger partial charge in [-0.3, -0.25) is 0 Å². The summed E-state index contributed by atoms with van der Waals surface area (Å²) in [6.45, 7) is 6.06. The summed E-state index contributed by atoms with van der Waals surface area (Å²) < 4.78 is 3.42. The molecule has 4 aromatic rings. The molecule has 8 nitrogen and oxygen atoms in total. The first kappa shape index (κ1) is 14.8. The molecule has 0 aliphatic heterocycles. The molecule has 3 aromatic heterocycles. The van der Waals surface area contributed by atoms with Gasteiger partial charge in [0, 0.05) is 5.69 Å². The highest BCUT2D eigenvalue weighted by atomic mass is 32.2. The Kier molecular flexibility index (Phi) is 3.49. The predicted octanol–water partition coefficient (Wildman–Crippen LogP) is 2.18. The molecular formula is C15H14N8S. The molecule has 0 aliphatic rings. The molecular weight excluding hydrogens is 324 g/mol. The number of benzene rings is 1. The molecule has 0 fully saturated rings. The zero-order valence-corrected chi connectivity index (χ0v) is 14.2. The van der Waals surface area contributed by atoms with E-state index in [1.54, 1.807) is 9.20 Å². The number of fused-ring (bicyclic) bond motifs is 1. The minimum atomic E-state index is 0.559. The van der Waals surface area contributed by atoms with Gasteiger partial charge < -0.3 is 0 Å². The van der Waals surface area contributed by atoms with Gasteiger partial charge in [-0.1, -0.05) is 12.1 Å². The average molecular weight is 338 g/mol. The normalized spacial score (nSPS) is 11.3. The first-order valence-corrected chi connectivity index (χ1v) is 8.15. The van der Waals surface area contributed by atoms with Gasteiger partial charge in [0.15, 0.2) is 0 Å². The second-order valence-corrected chi connectivity index (χ2v) is 6.39. The summed E-state index contributed by atoms with van der Waals surface area (Å²) in [6, 6.07) is 8.02. The molecule has 0 saturated heterocycles. The number of hydrogen-bond acceptors (Lipinski definition) is 7. The van der Waals surface area contributed by atoms with Crippen molar-refractivity contribution in [2.45, 2.75) is 31.0 Å². The fourth-order valence-electron chi connectivity index (χ4n) is 2.42. The average Bonchev–Trinajstić information content (AvgIpc) is 3.19. The van der Waals surface area contributed by atoms with Crippen LogP contribution < -0.4 is 0 Å². The van der Waals surface area contributed by atoms with Crippen LogP contribution in [0, 0.1) is 20.8 Å².